The standard InChI is InChI=1S/C24H24N2O3S/c1-3-12-29-22-11-10-20(14-23(22)28-2)30-16-24(27)26-21(15-25)19-9-8-17-6-4-5-7-18(17)13-19/h1,8-11,13-14,21H,4-7,12,16H2,2H3,(H,26,27). The second kappa shape index (κ2) is 10.6. The van der Waals surface area contributed by atoms with Crippen LogP contribution in [0.2, 0.25) is 0 Å². The maximum atomic E-state index is 12.4. The van der Waals surface area contributed by atoms with Gasteiger partial charge in [-0.1, -0.05) is 24.1 Å². The number of nitrogens with zero attached hydrogens (tertiary/aromatic N) is 1. The summed E-state index contributed by atoms with van der Waals surface area (Å²) < 4.78 is 10.8. The van der Waals surface area contributed by atoms with Crippen LogP contribution in [0.4, 0.5) is 0 Å². The number of benzene rings is 2. The Hall–Kier alpha value is -3.09. The number of aryl methyl sites for hydroxylation is 2. The van der Waals surface area contributed by atoms with Crippen LogP contribution in [0.3, 0.4) is 0 Å². The van der Waals surface area contributed by atoms with Crippen molar-refractivity contribution in [3.05, 3.63) is 53.1 Å². The van der Waals surface area contributed by atoms with Crippen LogP contribution in [0.1, 0.15) is 35.6 Å². The molecule has 1 aliphatic carbocycles. The molecular weight excluding hydrogens is 396 g/mol. The van der Waals surface area contributed by atoms with Gasteiger partial charge in [0, 0.05) is 4.90 Å². The van der Waals surface area contributed by atoms with Crippen molar-refractivity contribution >= 4 is 17.7 Å². The molecule has 1 amide bonds. The number of nitrogens with one attached hydrogen (secondary N) is 1. The van der Waals surface area contributed by atoms with Gasteiger partial charge in [-0.25, -0.2) is 0 Å². The van der Waals surface area contributed by atoms with E-state index in [-0.39, 0.29) is 18.3 Å². The summed E-state index contributed by atoms with van der Waals surface area (Å²) in [5.41, 5.74) is 3.49. The van der Waals surface area contributed by atoms with Crippen molar-refractivity contribution in [2.24, 2.45) is 0 Å². The zero-order valence-electron chi connectivity index (χ0n) is 16.9. The summed E-state index contributed by atoms with van der Waals surface area (Å²) in [6.45, 7) is 0.156. The first-order chi connectivity index (χ1) is 14.6. The predicted molar refractivity (Wildman–Crippen MR) is 118 cm³/mol. The van der Waals surface area contributed by atoms with Crippen LogP contribution in [0, 0.1) is 23.7 Å². The first-order valence-corrected chi connectivity index (χ1v) is 10.8. The van der Waals surface area contributed by atoms with Crippen molar-refractivity contribution in [1.82, 2.24) is 5.32 Å². The van der Waals surface area contributed by atoms with Gasteiger partial charge in [0.1, 0.15) is 12.6 Å². The molecular formula is C24H24N2O3S. The molecule has 0 radical (unpaired) electrons. The van der Waals surface area contributed by atoms with E-state index in [0.29, 0.717) is 11.5 Å². The summed E-state index contributed by atoms with van der Waals surface area (Å²) in [5, 5.41) is 12.4. The molecule has 30 heavy (non-hydrogen) atoms. The average Bonchev–Trinajstić information content (AvgIpc) is 2.79. The van der Waals surface area contributed by atoms with Gasteiger partial charge < -0.3 is 14.8 Å². The minimum absolute atomic E-state index is 0.156. The first kappa shape index (κ1) is 21.6. The molecule has 5 nitrogen and oxygen atoms in total. The molecule has 3 rings (SSSR count). The van der Waals surface area contributed by atoms with Gasteiger partial charge in [-0.15, -0.1) is 18.2 Å². The minimum atomic E-state index is -0.653. The largest absolute Gasteiger partial charge is 0.493 e. The molecule has 1 unspecified atom stereocenters. The Kier molecular flexibility index (Phi) is 7.65. The van der Waals surface area contributed by atoms with E-state index in [2.05, 4.69) is 29.4 Å². The van der Waals surface area contributed by atoms with Crippen molar-refractivity contribution in [3.8, 4) is 29.9 Å². The molecule has 0 heterocycles. The Morgan fingerprint density at radius 1 is 1.20 bits per heavy atom. The fourth-order valence-corrected chi connectivity index (χ4v) is 4.19. The van der Waals surface area contributed by atoms with Gasteiger partial charge in [0.25, 0.3) is 0 Å². The van der Waals surface area contributed by atoms with E-state index >= 15 is 0 Å². The highest BCUT2D eigenvalue weighted by molar-refractivity contribution is 8.00. The number of nitriles is 1. The fraction of sp³-hybridized carbons (Fsp3) is 0.333. The van der Waals surface area contributed by atoms with Crippen molar-refractivity contribution < 1.29 is 14.3 Å². The third kappa shape index (κ3) is 5.49. The lowest BCUT2D eigenvalue weighted by Crippen LogP contribution is -2.29. The van der Waals surface area contributed by atoms with E-state index in [0.717, 1.165) is 23.3 Å². The highest BCUT2D eigenvalue weighted by Crippen LogP contribution is 2.32. The molecule has 0 saturated heterocycles. The molecule has 154 valence electrons. The van der Waals surface area contributed by atoms with Crippen LogP contribution in [0.25, 0.3) is 0 Å². The lowest BCUT2D eigenvalue weighted by molar-refractivity contribution is -0.118. The molecule has 1 atom stereocenters. The maximum Gasteiger partial charge on any atom is 0.231 e. The number of hydrogen-bond acceptors (Lipinski definition) is 5. The SMILES string of the molecule is C#CCOc1ccc(SCC(=O)NC(C#N)c2ccc3c(c2)CCCC3)cc1OC. The number of methoxy groups -OCH3 is 1. The zero-order valence-corrected chi connectivity index (χ0v) is 17.8. The lowest BCUT2D eigenvalue weighted by atomic mass is 9.89. The molecule has 0 aromatic heterocycles. The van der Waals surface area contributed by atoms with Crippen LogP contribution in [-0.4, -0.2) is 25.4 Å². The van der Waals surface area contributed by atoms with Crippen molar-refractivity contribution in [2.45, 2.75) is 36.6 Å². The molecule has 1 aliphatic rings. The van der Waals surface area contributed by atoms with Gasteiger partial charge in [-0.2, -0.15) is 5.26 Å². The van der Waals surface area contributed by atoms with Crippen LogP contribution in [-0.2, 0) is 17.6 Å². The van der Waals surface area contributed by atoms with Gasteiger partial charge in [0.05, 0.1) is 18.9 Å². The number of carbonyl (C=O) groups excluding carboxylic acids is 1. The number of thioether (sulfide) groups is 1. The predicted octanol–water partition coefficient (Wildman–Crippen LogP) is 4.06. The lowest BCUT2D eigenvalue weighted by Gasteiger charge is -2.19. The fourth-order valence-electron chi connectivity index (χ4n) is 3.45. The monoisotopic (exact) mass is 420 g/mol. The normalized spacial score (nSPS) is 13.3. The Morgan fingerprint density at radius 2 is 2.00 bits per heavy atom. The van der Waals surface area contributed by atoms with Crippen molar-refractivity contribution in [1.29, 1.82) is 5.26 Å². The molecule has 2 aromatic rings. The third-order valence-corrected chi connectivity index (χ3v) is 5.95. The number of fused-ring (bicyclic) bond motifs is 1. The number of ether oxygens (including phenoxy) is 2. The summed E-state index contributed by atoms with van der Waals surface area (Å²) >= 11 is 1.36. The number of terminal acetylenes is 1. The Morgan fingerprint density at radius 3 is 2.73 bits per heavy atom. The smallest absolute Gasteiger partial charge is 0.231 e. The zero-order chi connectivity index (χ0) is 21.3. The second-order valence-electron chi connectivity index (χ2n) is 6.96. The van der Waals surface area contributed by atoms with Crippen LogP contribution in [0.5, 0.6) is 11.5 Å². The molecule has 0 bridgehead atoms. The van der Waals surface area contributed by atoms with E-state index in [9.17, 15) is 10.1 Å². The number of carbonyl (C=O) groups is 1. The van der Waals surface area contributed by atoms with Crippen LogP contribution >= 0.6 is 11.8 Å². The maximum absolute atomic E-state index is 12.4. The van der Waals surface area contributed by atoms with Crippen molar-refractivity contribution in [2.75, 3.05) is 19.5 Å². The highest BCUT2D eigenvalue weighted by atomic mass is 32.2. The van der Waals surface area contributed by atoms with Crippen LogP contribution in [0.15, 0.2) is 41.3 Å². The van der Waals surface area contributed by atoms with Gasteiger partial charge >= 0.3 is 0 Å². The van der Waals surface area contributed by atoms with Gasteiger partial charge in [-0.05, 0) is 60.6 Å². The molecule has 2 aromatic carbocycles. The summed E-state index contributed by atoms with van der Waals surface area (Å²) in [7, 11) is 1.55. The summed E-state index contributed by atoms with van der Waals surface area (Å²) in [6.07, 6.45) is 9.73. The topological polar surface area (TPSA) is 71.3 Å². The molecule has 1 N–H and O–H groups in total. The summed E-state index contributed by atoms with van der Waals surface area (Å²) in [6, 6.07) is 13.1. The van der Waals surface area contributed by atoms with Gasteiger partial charge in [-0.3, -0.25) is 4.79 Å². The summed E-state index contributed by atoms with van der Waals surface area (Å²) in [4.78, 5) is 13.3. The number of rotatable bonds is 8. The van der Waals surface area contributed by atoms with Crippen molar-refractivity contribution in [3.63, 3.8) is 0 Å². The van der Waals surface area contributed by atoms with E-state index in [1.807, 2.05) is 12.1 Å². The van der Waals surface area contributed by atoms with E-state index in [4.69, 9.17) is 15.9 Å². The van der Waals surface area contributed by atoms with Crippen LogP contribution < -0.4 is 14.8 Å². The van der Waals surface area contributed by atoms with E-state index in [1.54, 1.807) is 19.2 Å². The Bertz CT molecular complexity index is 991. The minimum Gasteiger partial charge on any atom is -0.493 e. The molecule has 0 aliphatic heterocycles. The Labute approximate surface area is 181 Å². The first-order valence-electron chi connectivity index (χ1n) is 9.82. The van der Waals surface area contributed by atoms with Gasteiger partial charge in [0.15, 0.2) is 11.5 Å². The summed E-state index contributed by atoms with van der Waals surface area (Å²) in [5.74, 6) is 3.52. The average molecular weight is 421 g/mol. The number of amides is 1. The molecule has 0 saturated carbocycles. The van der Waals surface area contributed by atoms with E-state index in [1.165, 1.54) is 35.7 Å². The third-order valence-electron chi connectivity index (χ3n) is 4.96. The molecule has 6 heteroatoms. The molecule has 0 spiro atoms. The second-order valence-corrected chi connectivity index (χ2v) is 8.01. The quantitative estimate of drug-likeness (QED) is 0.515. The molecule has 0 fully saturated rings. The Balaban J connectivity index is 1.59. The van der Waals surface area contributed by atoms with E-state index < -0.39 is 6.04 Å². The number of hydrogen-bond donors (Lipinski definition) is 1. The van der Waals surface area contributed by atoms with Gasteiger partial charge in [0.2, 0.25) is 5.91 Å². The highest BCUT2D eigenvalue weighted by Gasteiger charge is 2.17.